The van der Waals surface area contributed by atoms with E-state index >= 15 is 0 Å². The predicted molar refractivity (Wildman–Crippen MR) is 118 cm³/mol. The van der Waals surface area contributed by atoms with Crippen molar-refractivity contribution >= 4 is 17.8 Å². The zero-order chi connectivity index (χ0) is 22.3. The summed E-state index contributed by atoms with van der Waals surface area (Å²) in [6, 6.07) is 2.42. The van der Waals surface area contributed by atoms with Crippen molar-refractivity contribution in [1.29, 1.82) is 0 Å². The van der Waals surface area contributed by atoms with Crippen LogP contribution in [0.1, 0.15) is 44.1 Å². The molecule has 2 atom stereocenters. The molecule has 3 aliphatic rings. The standard InChI is InChI=1S/C23H33N5O4/c29-21(25-18-6-1-2-7-18)20-8-4-10-28(20)22(30)19(15-17-5-3-9-24-16-17)26-23(31)27-11-13-32-14-12-27/h3,5,9,16,18-20H,1-2,4,6-8,10-15H2,(H,25,29)(H,26,31)/t19-,20-/m0/s1. The van der Waals surface area contributed by atoms with Crippen LogP contribution in [-0.4, -0.2) is 83.6 Å². The molecule has 2 N–H and O–H groups in total. The van der Waals surface area contributed by atoms with Crippen LogP contribution < -0.4 is 10.6 Å². The Hall–Kier alpha value is -2.68. The molecule has 0 spiro atoms. The van der Waals surface area contributed by atoms with Gasteiger partial charge in [0.1, 0.15) is 12.1 Å². The summed E-state index contributed by atoms with van der Waals surface area (Å²) >= 11 is 0. The molecule has 0 bridgehead atoms. The van der Waals surface area contributed by atoms with Crippen molar-refractivity contribution in [1.82, 2.24) is 25.4 Å². The molecule has 2 aliphatic heterocycles. The van der Waals surface area contributed by atoms with Crippen molar-refractivity contribution < 1.29 is 19.1 Å². The lowest BCUT2D eigenvalue weighted by atomic mass is 10.1. The van der Waals surface area contributed by atoms with E-state index in [4.69, 9.17) is 4.74 Å². The number of ether oxygens (including phenoxy) is 1. The van der Waals surface area contributed by atoms with Gasteiger partial charge in [0.2, 0.25) is 11.8 Å². The van der Waals surface area contributed by atoms with Crippen molar-refractivity contribution in [3.05, 3.63) is 30.1 Å². The van der Waals surface area contributed by atoms with Crippen LogP contribution >= 0.6 is 0 Å². The topological polar surface area (TPSA) is 104 Å². The van der Waals surface area contributed by atoms with Gasteiger partial charge in [-0.1, -0.05) is 18.9 Å². The fourth-order valence-corrected chi connectivity index (χ4v) is 4.83. The number of nitrogens with zero attached hydrogens (tertiary/aromatic N) is 3. The molecule has 1 saturated carbocycles. The molecule has 174 valence electrons. The van der Waals surface area contributed by atoms with Crippen LogP contribution in [0.5, 0.6) is 0 Å². The summed E-state index contributed by atoms with van der Waals surface area (Å²) in [7, 11) is 0. The summed E-state index contributed by atoms with van der Waals surface area (Å²) in [5, 5.41) is 6.06. The second-order valence-corrected chi connectivity index (χ2v) is 8.85. The molecule has 2 saturated heterocycles. The number of amides is 4. The molecule has 0 aromatic carbocycles. The highest BCUT2D eigenvalue weighted by molar-refractivity contribution is 5.92. The molecular weight excluding hydrogens is 410 g/mol. The third kappa shape index (κ3) is 5.56. The molecule has 4 rings (SSSR count). The Morgan fingerprint density at radius 3 is 2.59 bits per heavy atom. The van der Waals surface area contributed by atoms with Crippen LogP contribution in [0, 0.1) is 0 Å². The first-order valence-corrected chi connectivity index (χ1v) is 11.7. The Bertz CT molecular complexity index is 793. The fraction of sp³-hybridized carbons (Fsp3) is 0.652. The van der Waals surface area contributed by atoms with Crippen molar-refractivity contribution in [2.24, 2.45) is 0 Å². The minimum Gasteiger partial charge on any atom is -0.378 e. The Balaban J connectivity index is 1.46. The minimum atomic E-state index is -0.755. The van der Waals surface area contributed by atoms with E-state index in [1.807, 2.05) is 12.1 Å². The van der Waals surface area contributed by atoms with Crippen molar-refractivity contribution in [2.75, 3.05) is 32.8 Å². The Morgan fingerprint density at radius 1 is 1.09 bits per heavy atom. The van der Waals surface area contributed by atoms with Gasteiger partial charge in [-0.3, -0.25) is 14.6 Å². The number of carbonyl (C=O) groups excluding carboxylic acids is 3. The zero-order valence-electron chi connectivity index (χ0n) is 18.5. The van der Waals surface area contributed by atoms with Gasteiger partial charge in [-0.15, -0.1) is 0 Å². The highest BCUT2D eigenvalue weighted by Crippen LogP contribution is 2.22. The molecule has 9 nitrogen and oxygen atoms in total. The van der Waals surface area contributed by atoms with Gasteiger partial charge in [-0.2, -0.15) is 0 Å². The molecule has 3 heterocycles. The zero-order valence-corrected chi connectivity index (χ0v) is 18.5. The quantitative estimate of drug-likeness (QED) is 0.685. The summed E-state index contributed by atoms with van der Waals surface area (Å²) in [4.78, 5) is 46.8. The molecule has 0 unspecified atom stereocenters. The van der Waals surface area contributed by atoms with E-state index in [1.165, 1.54) is 0 Å². The molecule has 0 radical (unpaired) electrons. The fourth-order valence-electron chi connectivity index (χ4n) is 4.83. The number of aromatic nitrogens is 1. The lowest BCUT2D eigenvalue weighted by Crippen LogP contribution is -2.57. The van der Waals surface area contributed by atoms with Crippen molar-refractivity contribution in [3.8, 4) is 0 Å². The minimum absolute atomic E-state index is 0.0672. The molecule has 1 aliphatic carbocycles. The predicted octanol–water partition coefficient (Wildman–Crippen LogP) is 1.08. The molecular formula is C23H33N5O4. The smallest absolute Gasteiger partial charge is 0.318 e. The number of carbonyl (C=O) groups is 3. The summed E-state index contributed by atoms with van der Waals surface area (Å²) in [5.74, 6) is -0.276. The lowest BCUT2D eigenvalue weighted by Gasteiger charge is -2.32. The van der Waals surface area contributed by atoms with Gasteiger partial charge in [0.25, 0.3) is 0 Å². The lowest BCUT2D eigenvalue weighted by molar-refractivity contribution is -0.140. The first kappa shape index (κ1) is 22.5. The average molecular weight is 444 g/mol. The van der Waals surface area contributed by atoms with Crippen LogP contribution in [0.15, 0.2) is 24.5 Å². The van der Waals surface area contributed by atoms with E-state index in [9.17, 15) is 14.4 Å². The highest BCUT2D eigenvalue weighted by atomic mass is 16.5. The Morgan fingerprint density at radius 2 is 1.88 bits per heavy atom. The second kappa shape index (κ2) is 10.8. The van der Waals surface area contributed by atoms with Gasteiger partial charge in [-0.05, 0) is 37.3 Å². The van der Waals surface area contributed by atoms with Gasteiger partial charge in [0.15, 0.2) is 0 Å². The van der Waals surface area contributed by atoms with Crippen LogP contribution in [0.3, 0.4) is 0 Å². The van der Waals surface area contributed by atoms with Crippen LogP contribution in [0.4, 0.5) is 4.79 Å². The maximum absolute atomic E-state index is 13.6. The number of likely N-dealkylation sites (tertiary alicyclic amines) is 1. The first-order valence-electron chi connectivity index (χ1n) is 11.7. The van der Waals surface area contributed by atoms with Crippen LogP contribution in [-0.2, 0) is 20.7 Å². The Kier molecular flexibility index (Phi) is 7.57. The molecule has 9 heteroatoms. The van der Waals surface area contributed by atoms with Crippen molar-refractivity contribution in [3.63, 3.8) is 0 Å². The number of urea groups is 1. The summed E-state index contributed by atoms with van der Waals surface area (Å²) in [6.45, 7) is 2.50. The van der Waals surface area contributed by atoms with Gasteiger partial charge in [0, 0.05) is 44.5 Å². The van der Waals surface area contributed by atoms with E-state index < -0.39 is 12.1 Å². The van der Waals surface area contributed by atoms with E-state index in [0.29, 0.717) is 45.7 Å². The van der Waals surface area contributed by atoms with Crippen molar-refractivity contribution in [2.45, 2.75) is 63.1 Å². The number of hydrogen-bond acceptors (Lipinski definition) is 5. The number of hydrogen-bond donors (Lipinski definition) is 2. The van der Waals surface area contributed by atoms with Crippen LogP contribution in [0.25, 0.3) is 0 Å². The molecule has 3 fully saturated rings. The maximum Gasteiger partial charge on any atom is 0.318 e. The van der Waals surface area contributed by atoms with E-state index in [2.05, 4.69) is 15.6 Å². The molecule has 32 heavy (non-hydrogen) atoms. The van der Waals surface area contributed by atoms with Gasteiger partial charge in [-0.25, -0.2) is 4.79 Å². The number of nitrogens with one attached hydrogen (secondary N) is 2. The highest BCUT2D eigenvalue weighted by Gasteiger charge is 2.38. The van der Waals surface area contributed by atoms with Gasteiger partial charge >= 0.3 is 6.03 Å². The van der Waals surface area contributed by atoms with Gasteiger partial charge < -0.3 is 25.2 Å². The maximum atomic E-state index is 13.6. The molecule has 1 aromatic rings. The van der Waals surface area contributed by atoms with E-state index in [1.54, 1.807) is 22.2 Å². The summed E-state index contributed by atoms with van der Waals surface area (Å²) in [5.41, 5.74) is 0.860. The normalized spacial score (nSPS) is 22.6. The third-order valence-electron chi connectivity index (χ3n) is 6.60. The van der Waals surface area contributed by atoms with Gasteiger partial charge in [0.05, 0.1) is 13.2 Å². The number of morpholine rings is 1. The largest absolute Gasteiger partial charge is 0.378 e. The SMILES string of the molecule is O=C(NC1CCCC1)[C@@H]1CCCN1C(=O)[C@H](Cc1cccnc1)NC(=O)N1CCOCC1. The molecule has 1 aromatic heterocycles. The second-order valence-electron chi connectivity index (χ2n) is 8.85. The summed E-state index contributed by atoms with van der Waals surface area (Å²) < 4.78 is 5.32. The average Bonchev–Trinajstić information content (AvgIpc) is 3.51. The molecule has 4 amide bonds. The third-order valence-corrected chi connectivity index (χ3v) is 6.60. The Labute approximate surface area is 188 Å². The number of rotatable bonds is 6. The summed E-state index contributed by atoms with van der Waals surface area (Å²) in [6.07, 6.45) is 9.43. The number of pyridine rings is 1. The van der Waals surface area contributed by atoms with E-state index in [-0.39, 0.29) is 23.9 Å². The first-order chi connectivity index (χ1) is 15.6. The van der Waals surface area contributed by atoms with E-state index in [0.717, 1.165) is 37.7 Å². The monoisotopic (exact) mass is 443 g/mol. The van der Waals surface area contributed by atoms with Crippen LogP contribution in [0.2, 0.25) is 0 Å².